The molecule has 1 unspecified atom stereocenters. The highest BCUT2D eigenvalue weighted by atomic mass is 35.5. The van der Waals surface area contributed by atoms with E-state index in [1.165, 1.54) is 4.90 Å². The maximum Gasteiger partial charge on any atom is 0.326 e. The Morgan fingerprint density at radius 2 is 1.62 bits per heavy atom. The average molecular weight is 550 g/mol. The van der Waals surface area contributed by atoms with Crippen molar-refractivity contribution in [2.24, 2.45) is 0 Å². The van der Waals surface area contributed by atoms with Gasteiger partial charge in [0, 0.05) is 18.5 Å². The van der Waals surface area contributed by atoms with Gasteiger partial charge in [-0.2, -0.15) is 0 Å². The zero-order valence-electron chi connectivity index (χ0n) is 21.5. The van der Waals surface area contributed by atoms with Crippen LogP contribution in [-0.4, -0.2) is 45.2 Å². The molecular formula is C31H32ClNO6. The fraction of sp³-hybridized carbons (Fsp3) is 0.355. The molecule has 0 saturated heterocycles. The molecule has 0 spiro atoms. The van der Waals surface area contributed by atoms with Crippen LogP contribution in [0.5, 0.6) is 5.75 Å². The number of carboxylic acids is 1. The number of fused-ring (bicyclic) bond motifs is 1. The van der Waals surface area contributed by atoms with Crippen LogP contribution in [0.1, 0.15) is 54.0 Å². The smallest absolute Gasteiger partial charge is 0.326 e. The van der Waals surface area contributed by atoms with E-state index in [1.807, 2.05) is 66.7 Å². The molecule has 1 aliphatic heterocycles. The Bertz CT molecular complexity index is 1290. The number of rotatable bonds is 8. The molecule has 0 aromatic heterocycles. The standard InChI is InChI=1S/C31H32ClNO6/c32-26-16-11-22-18-33(27(31(36)37)17-25(22)29(26)38-19-20-7-3-1-4-8-20)30(35)28(21-9-5-2-6-10-21)39-24-14-12-23(34)13-15-24/h1-11,16,23-24,27-28,34H,12-15,17-19H2,(H,36,37)/t23?,24?,27-,28?/m1/s1. The molecule has 0 radical (unpaired) electrons. The number of halogens is 1. The molecule has 1 amide bonds. The van der Waals surface area contributed by atoms with E-state index >= 15 is 0 Å². The van der Waals surface area contributed by atoms with Gasteiger partial charge in [0.15, 0.2) is 6.10 Å². The van der Waals surface area contributed by atoms with Gasteiger partial charge in [0.25, 0.3) is 5.91 Å². The molecular weight excluding hydrogens is 518 g/mol. The normalized spacial score (nSPS) is 21.6. The summed E-state index contributed by atoms with van der Waals surface area (Å²) < 4.78 is 12.4. The number of aliphatic hydroxyl groups excluding tert-OH is 1. The molecule has 0 bridgehead atoms. The Balaban J connectivity index is 1.43. The van der Waals surface area contributed by atoms with Crippen LogP contribution >= 0.6 is 11.6 Å². The maximum absolute atomic E-state index is 14.1. The number of nitrogens with zero attached hydrogens (tertiary/aromatic N) is 1. The van der Waals surface area contributed by atoms with E-state index in [4.69, 9.17) is 21.1 Å². The zero-order chi connectivity index (χ0) is 27.4. The number of benzene rings is 3. The zero-order valence-corrected chi connectivity index (χ0v) is 22.3. The highest BCUT2D eigenvalue weighted by Gasteiger charge is 2.40. The number of hydrogen-bond acceptors (Lipinski definition) is 5. The molecule has 2 N–H and O–H groups in total. The second-order valence-corrected chi connectivity index (χ2v) is 10.6. The number of carbonyl (C=O) groups is 2. The van der Waals surface area contributed by atoms with Crippen LogP contribution in [0.15, 0.2) is 72.8 Å². The number of hydrogen-bond donors (Lipinski definition) is 2. The van der Waals surface area contributed by atoms with Crippen molar-refractivity contribution in [1.29, 1.82) is 0 Å². The molecule has 3 aromatic carbocycles. The Morgan fingerprint density at radius 1 is 0.949 bits per heavy atom. The van der Waals surface area contributed by atoms with Crippen LogP contribution in [0.4, 0.5) is 0 Å². The summed E-state index contributed by atoms with van der Waals surface area (Å²) in [6.45, 7) is 0.386. The molecule has 5 rings (SSSR count). The lowest BCUT2D eigenvalue weighted by Crippen LogP contribution is -2.51. The first kappa shape index (κ1) is 27.2. The van der Waals surface area contributed by atoms with Gasteiger partial charge in [-0.05, 0) is 48.4 Å². The summed E-state index contributed by atoms with van der Waals surface area (Å²) in [5.74, 6) is -1.05. The van der Waals surface area contributed by atoms with E-state index < -0.39 is 24.0 Å². The topological polar surface area (TPSA) is 96.3 Å². The molecule has 2 atom stereocenters. The number of carbonyl (C=O) groups excluding carboxylic acids is 1. The predicted octanol–water partition coefficient (Wildman–Crippen LogP) is 5.32. The third kappa shape index (κ3) is 6.27. The highest BCUT2D eigenvalue weighted by Crippen LogP contribution is 2.39. The predicted molar refractivity (Wildman–Crippen MR) is 146 cm³/mol. The van der Waals surface area contributed by atoms with Gasteiger partial charge in [-0.25, -0.2) is 4.79 Å². The van der Waals surface area contributed by atoms with E-state index in [1.54, 1.807) is 6.07 Å². The molecule has 1 saturated carbocycles. The quantitative estimate of drug-likeness (QED) is 0.395. The number of aliphatic carboxylic acids is 1. The lowest BCUT2D eigenvalue weighted by molar-refractivity contribution is -0.161. The second-order valence-electron chi connectivity index (χ2n) is 10.2. The first-order valence-corrected chi connectivity index (χ1v) is 13.7. The van der Waals surface area contributed by atoms with Crippen LogP contribution < -0.4 is 4.74 Å². The Morgan fingerprint density at radius 3 is 2.28 bits per heavy atom. The fourth-order valence-electron chi connectivity index (χ4n) is 5.38. The maximum atomic E-state index is 14.1. The SMILES string of the molecule is O=C(O)[C@H]1Cc2c(ccc(Cl)c2OCc2ccccc2)CN1C(=O)C(OC1CCC(O)CC1)c1ccccc1. The molecule has 1 aliphatic carbocycles. The van der Waals surface area contributed by atoms with E-state index in [0.29, 0.717) is 47.6 Å². The Labute approximate surface area is 232 Å². The molecule has 8 heteroatoms. The van der Waals surface area contributed by atoms with E-state index in [-0.39, 0.29) is 31.8 Å². The van der Waals surface area contributed by atoms with Gasteiger partial charge in [-0.15, -0.1) is 0 Å². The minimum Gasteiger partial charge on any atom is -0.487 e. The monoisotopic (exact) mass is 549 g/mol. The van der Waals surface area contributed by atoms with E-state index in [0.717, 1.165) is 11.1 Å². The van der Waals surface area contributed by atoms with Crippen LogP contribution in [0.25, 0.3) is 0 Å². The minimum atomic E-state index is -1.11. The van der Waals surface area contributed by atoms with Crippen molar-refractivity contribution in [2.75, 3.05) is 0 Å². The molecule has 39 heavy (non-hydrogen) atoms. The summed E-state index contributed by atoms with van der Waals surface area (Å²) in [5.41, 5.74) is 3.13. The molecule has 1 heterocycles. The first-order valence-electron chi connectivity index (χ1n) is 13.3. The largest absolute Gasteiger partial charge is 0.487 e. The van der Waals surface area contributed by atoms with Gasteiger partial charge in [0.2, 0.25) is 0 Å². The van der Waals surface area contributed by atoms with Gasteiger partial charge in [-0.3, -0.25) is 4.79 Å². The lowest BCUT2D eigenvalue weighted by Gasteiger charge is -2.38. The van der Waals surface area contributed by atoms with Crippen molar-refractivity contribution in [3.63, 3.8) is 0 Å². The van der Waals surface area contributed by atoms with Gasteiger partial charge in [-0.1, -0.05) is 78.3 Å². The molecule has 7 nitrogen and oxygen atoms in total. The van der Waals surface area contributed by atoms with Gasteiger partial charge in [0.1, 0.15) is 18.4 Å². The van der Waals surface area contributed by atoms with E-state index in [9.17, 15) is 19.8 Å². The van der Waals surface area contributed by atoms with Crippen LogP contribution in [0.2, 0.25) is 5.02 Å². The van der Waals surface area contributed by atoms with Crippen LogP contribution in [0, 0.1) is 0 Å². The molecule has 204 valence electrons. The number of ether oxygens (including phenoxy) is 2. The second kappa shape index (κ2) is 12.2. The van der Waals surface area contributed by atoms with Gasteiger partial charge >= 0.3 is 5.97 Å². The van der Waals surface area contributed by atoms with E-state index in [2.05, 4.69) is 0 Å². The van der Waals surface area contributed by atoms with Crippen LogP contribution in [-0.2, 0) is 33.9 Å². The fourth-order valence-corrected chi connectivity index (χ4v) is 5.61. The van der Waals surface area contributed by atoms with Crippen molar-refractivity contribution in [2.45, 2.75) is 69.6 Å². The third-order valence-corrected chi connectivity index (χ3v) is 7.81. The summed E-state index contributed by atoms with van der Waals surface area (Å²) in [6.07, 6.45) is 1.08. The van der Waals surface area contributed by atoms with Crippen molar-refractivity contribution in [3.8, 4) is 5.75 Å². The van der Waals surface area contributed by atoms with Crippen LogP contribution in [0.3, 0.4) is 0 Å². The van der Waals surface area contributed by atoms with Crippen molar-refractivity contribution in [3.05, 3.63) is 100 Å². The highest BCUT2D eigenvalue weighted by molar-refractivity contribution is 6.32. The number of carboxylic acid groups (broad SMARTS) is 1. The summed E-state index contributed by atoms with van der Waals surface area (Å²) in [4.78, 5) is 28.0. The minimum absolute atomic E-state index is 0.0677. The Hall–Kier alpha value is -3.39. The van der Waals surface area contributed by atoms with Crippen molar-refractivity contribution in [1.82, 2.24) is 4.90 Å². The summed E-state index contributed by atoms with van der Waals surface area (Å²) in [6, 6.07) is 21.3. The summed E-state index contributed by atoms with van der Waals surface area (Å²) >= 11 is 6.51. The number of amides is 1. The summed E-state index contributed by atoms with van der Waals surface area (Å²) in [5, 5.41) is 20.5. The molecule has 2 aliphatic rings. The first-order chi connectivity index (χ1) is 18.9. The lowest BCUT2D eigenvalue weighted by atomic mass is 9.91. The van der Waals surface area contributed by atoms with Crippen molar-refractivity contribution >= 4 is 23.5 Å². The van der Waals surface area contributed by atoms with Gasteiger partial charge in [0.05, 0.1) is 17.2 Å². The van der Waals surface area contributed by atoms with Gasteiger partial charge < -0.3 is 24.6 Å². The summed E-state index contributed by atoms with van der Waals surface area (Å²) in [7, 11) is 0. The molecule has 1 fully saturated rings. The third-order valence-electron chi connectivity index (χ3n) is 7.52. The Kier molecular flexibility index (Phi) is 8.50. The molecule has 3 aromatic rings. The number of aliphatic hydroxyl groups is 1. The average Bonchev–Trinajstić information content (AvgIpc) is 2.96. The van der Waals surface area contributed by atoms with Crippen molar-refractivity contribution < 1.29 is 29.3 Å².